The van der Waals surface area contributed by atoms with Gasteiger partial charge in [0.05, 0.1) is 6.61 Å². The lowest BCUT2D eigenvalue weighted by atomic mass is 9.92. The zero-order valence-electron chi connectivity index (χ0n) is 9.75. The molecule has 2 aliphatic rings. The van der Waals surface area contributed by atoms with Crippen molar-refractivity contribution in [3.8, 4) is 16.9 Å². The van der Waals surface area contributed by atoms with Crippen molar-refractivity contribution < 1.29 is 4.74 Å². The molecule has 1 atom stereocenters. The van der Waals surface area contributed by atoms with Gasteiger partial charge in [0.2, 0.25) is 0 Å². The van der Waals surface area contributed by atoms with Crippen molar-refractivity contribution in [3.05, 3.63) is 18.2 Å². The van der Waals surface area contributed by atoms with Gasteiger partial charge in [0.1, 0.15) is 5.75 Å². The lowest BCUT2D eigenvalue weighted by Gasteiger charge is -2.23. The average Bonchev–Trinajstić information content (AvgIpc) is 2.24. The molecule has 82 valence electrons. The van der Waals surface area contributed by atoms with Gasteiger partial charge < -0.3 is 4.74 Å². The standard InChI is InChI=1S/C14H20O/c1-3-5-6-11(4-2)10-15-14-9-12-7-8-13(12)14/h7-9,11H,3-6,10H2,1-2H3. The average molecular weight is 204 g/mol. The fourth-order valence-electron chi connectivity index (χ4n) is 1.98. The molecule has 0 radical (unpaired) electrons. The van der Waals surface area contributed by atoms with Gasteiger partial charge in [-0.05, 0) is 24.0 Å². The number of unbranched alkanes of at least 4 members (excludes halogenated alkanes) is 1. The molecule has 0 aromatic rings. The van der Waals surface area contributed by atoms with Crippen LogP contribution in [0.5, 0.6) is 5.75 Å². The van der Waals surface area contributed by atoms with Crippen LogP contribution in [0.3, 0.4) is 0 Å². The molecule has 0 heterocycles. The van der Waals surface area contributed by atoms with E-state index in [1.807, 2.05) is 0 Å². The summed E-state index contributed by atoms with van der Waals surface area (Å²) in [6.45, 7) is 5.40. The van der Waals surface area contributed by atoms with Gasteiger partial charge in [0.15, 0.2) is 0 Å². The molecule has 0 aliphatic heterocycles. The Bertz CT molecular complexity index is 330. The third-order valence-electron chi connectivity index (χ3n) is 3.31. The molecule has 1 heteroatoms. The summed E-state index contributed by atoms with van der Waals surface area (Å²) in [6.07, 6.45) is 5.16. The van der Waals surface area contributed by atoms with Crippen molar-refractivity contribution in [3.63, 3.8) is 0 Å². The topological polar surface area (TPSA) is 9.23 Å². The number of fused-ring (bicyclic) bond motifs is 1. The fraction of sp³-hybridized carbons (Fsp3) is 0.571. The predicted molar refractivity (Wildman–Crippen MR) is 64.2 cm³/mol. The van der Waals surface area contributed by atoms with Crippen molar-refractivity contribution in [2.75, 3.05) is 6.61 Å². The summed E-state index contributed by atoms with van der Waals surface area (Å²) in [7, 11) is 0. The van der Waals surface area contributed by atoms with E-state index in [1.165, 1.54) is 36.8 Å². The maximum Gasteiger partial charge on any atom is 0.127 e. The van der Waals surface area contributed by atoms with Crippen LogP contribution in [-0.2, 0) is 0 Å². The van der Waals surface area contributed by atoms with Crippen molar-refractivity contribution in [1.82, 2.24) is 0 Å². The first-order valence-corrected chi connectivity index (χ1v) is 6.12. The Morgan fingerprint density at radius 2 is 2.13 bits per heavy atom. The van der Waals surface area contributed by atoms with Crippen molar-refractivity contribution in [2.45, 2.75) is 39.5 Å². The van der Waals surface area contributed by atoms with Gasteiger partial charge in [-0.15, -0.1) is 0 Å². The highest BCUT2D eigenvalue weighted by Gasteiger charge is 2.18. The van der Waals surface area contributed by atoms with Gasteiger partial charge >= 0.3 is 0 Å². The van der Waals surface area contributed by atoms with E-state index < -0.39 is 0 Å². The van der Waals surface area contributed by atoms with Crippen LogP contribution in [0.1, 0.15) is 39.5 Å². The molecule has 0 aromatic carbocycles. The quantitative estimate of drug-likeness (QED) is 0.654. The predicted octanol–water partition coefficient (Wildman–Crippen LogP) is 4.26. The van der Waals surface area contributed by atoms with Crippen molar-refractivity contribution >= 4 is 0 Å². The van der Waals surface area contributed by atoms with Crippen LogP contribution in [0.4, 0.5) is 0 Å². The van der Waals surface area contributed by atoms with E-state index in [1.54, 1.807) is 0 Å². The second-order valence-electron chi connectivity index (χ2n) is 4.44. The number of hydrogen-bond acceptors (Lipinski definition) is 1. The van der Waals surface area contributed by atoms with Gasteiger partial charge in [-0.1, -0.05) is 45.2 Å². The molecule has 1 unspecified atom stereocenters. The van der Waals surface area contributed by atoms with Crippen LogP contribution >= 0.6 is 0 Å². The van der Waals surface area contributed by atoms with Gasteiger partial charge in [0.25, 0.3) is 0 Å². The smallest absolute Gasteiger partial charge is 0.127 e. The lowest BCUT2D eigenvalue weighted by molar-refractivity contribution is 0.232. The molecule has 0 amide bonds. The molecule has 0 fully saturated rings. The first-order chi connectivity index (χ1) is 7.35. The molecule has 1 nitrogen and oxygen atoms in total. The van der Waals surface area contributed by atoms with Crippen LogP contribution in [0.2, 0.25) is 0 Å². The van der Waals surface area contributed by atoms with E-state index in [-0.39, 0.29) is 0 Å². The highest BCUT2D eigenvalue weighted by Crippen LogP contribution is 2.43. The van der Waals surface area contributed by atoms with Gasteiger partial charge in [-0.3, -0.25) is 0 Å². The van der Waals surface area contributed by atoms with E-state index in [0.29, 0.717) is 0 Å². The first kappa shape index (κ1) is 10.5. The van der Waals surface area contributed by atoms with E-state index in [9.17, 15) is 0 Å². The maximum atomic E-state index is 5.81. The monoisotopic (exact) mass is 204 g/mol. The molecule has 2 aliphatic carbocycles. The van der Waals surface area contributed by atoms with Crippen LogP contribution in [0.25, 0.3) is 11.1 Å². The van der Waals surface area contributed by atoms with Crippen LogP contribution in [-0.4, -0.2) is 6.61 Å². The Balaban J connectivity index is 1.73. The summed E-state index contributed by atoms with van der Waals surface area (Å²) in [6, 6.07) is 6.41. The largest absolute Gasteiger partial charge is 0.493 e. The Morgan fingerprint density at radius 1 is 1.27 bits per heavy atom. The number of ether oxygens (including phenoxy) is 1. The molecule has 2 rings (SSSR count). The van der Waals surface area contributed by atoms with Crippen LogP contribution in [0.15, 0.2) is 18.2 Å². The normalized spacial score (nSPS) is 13.7. The third kappa shape index (κ3) is 2.17. The SMILES string of the molecule is CCCCC(CC)COc1cc2ccc1-2. The van der Waals surface area contributed by atoms with Crippen molar-refractivity contribution in [2.24, 2.45) is 5.92 Å². The summed E-state index contributed by atoms with van der Waals surface area (Å²) in [4.78, 5) is 0. The molecule has 0 bridgehead atoms. The number of rotatable bonds is 7. The lowest BCUT2D eigenvalue weighted by Crippen LogP contribution is -2.13. The molecule has 0 aromatic heterocycles. The van der Waals surface area contributed by atoms with Crippen molar-refractivity contribution in [1.29, 1.82) is 0 Å². The van der Waals surface area contributed by atoms with E-state index in [2.05, 4.69) is 32.0 Å². The molecular weight excluding hydrogens is 184 g/mol. The number of hydrogen-bond donors (Lipinski definition) is 0. The molecule has 0 saturated carbocycles. The fourth-order valence-corrected chi connectivity index (χ4v) is 1.98. The Morgan fingerprint density at radius 3 is 2.60 bits per heavy atom. The zero-order valence-corrected chi connectivity index (χ0v) is 9.75. The van der Waals surface area contributed by atoms with Gasteiger partial charge in [-0.25, -0.2) is 0 Å². The Kier molecular flexibility index (Phi) is 3.30. The summed E-state index contributed by atoms with van der Waals surface area (Å²) in [5.41, 5.74) is 2.70. The van der Waals surface area contributed by atoms with E-state index in [0.717, 1.165) is 18.3 Å². The van der Waals surface area contributed by atoms with Crippen LogP contribution < -0.4 is 4.74 Å². The minimum atomic E-state index is 0.736. The summed E-state index contributed by atoms with van der Waals surface area (Å²) in [5.74, 6) is 1.85. The highest BCUT2D eigenvalue weighted by atomic mass is 16.5. The minimum absolute atomic E-state index is 0.736. The third-order valence-corrected chi connectivity index (χ3v) is 3.31. The van der Waals surface area contributed by atoms with E-state index in [4.69, 9.17) is 4.74 Å². The molecule has 15 heavy (non-hydrogen) atoms. The second-order valence-corrected chi connectivity index (χ2v) is 4.44. The Hall–Kier alpha value is -0.980. The Labute approximate surface area is 92.5 Å². The van der Waals surface area contributed by atoms with Gasteiger partial charge in [0, 0.05) is 5.56 Å². The first-order valence-electron chi connectivity index (χ1n) is 6.12. The second kappa shape index (κ2) is 4.69. The summed E-state index contributed by atoms with van der Waals surface area (Å²) < 4.78 is 5.81. The highest BCUT2D eigenvalue weighted by molar-refractivity contribution is 5.84. The number of benzene rings is 1. The molecule has 0 N–H and O–H groups in total. The summed E-state index contributed by atoms with van der Waals surface area (Å²) in [5, 5.41) is 0. The van der Waals surface area contributed by atoms with E-state index >= 15 is 0 Å². The molecule has 0 saturated heterocycles. The molecule has 0 spiro atoms. The zero-order chi connectivity index (χ0) is 10.7. The summed E-state index contributed by atoms with van der Waals surface area (Å²) >= 11 is 0. The molecular formula is C14H20O. The van der Waals surface area contributed by atoms with Gasteiger partial charge in [-0.2, -0.15) is 0 Å². The maximum absolute atomic E-state index is 5.81. The van der Waals surface area contributed by atoms with Crippen LogP contribution in [0, 0.1) is 5.92 Å². The minimum Gasteiger partial charge on any atom is -0.493 e.